The first-order valence-electron chi connectivity index (χ1n) is 10.9. The number of thiocarbonyl (C=S) groups is 1. The summed E-state index contributed by atoms with van der Waals surface area (Å²) in [6, 6.07) is 7.00. The molecule has 1 aliphatic carbocycles. The first-order chi connectivity index (χ1) is 14.2. The molecule has 2 amide bonds. The lowest BCUT2D eigenvalue weighted by atomic mass is 9.78. The van der Waals surface area contributed by atoms with Gasteiger partial charge in [0.1, 0.15) is 6.04 Å². The summed E-state index contributed by atoms with van der Waals surface area (Å²) in [7, 11) is 0. The lowest BCUT2D eigenvalue weighted by Crippen LogP contribution is -2.56. The van der Waals surface area contributed by atoms with Gasteiger partial charge in [-0.1, -0.05) is 58.7 Å². The quantitative estimate of drug-likeness (QED) is 0.409. The second kappa shape index (κ2) is 11.3. The summed E-state index contributed by atoms with van der Waals surface area (Å²) in [5.74, 6) is 0.865. The molecule has 30 heavy (non-hydrogen) atoms. The average Bonchev–Trinajstić information content (AvgIpc) is 2.69. The minimum atomic E-state index is -0.652. The Kier molecular flexibility index (Phi) is 9.08. The molecular weight excluding hydrogens is 396 g/mol. The largest absolute Gasteiger partial charge is 0.358 e. The predicted octanol–water partition coefficient (Wildman–Crippen LogP) is 3.46. The molecule has 4 N–H and O–H groups in total. The van der Waals surface area contributed by atoms with Crippen LogP contribution >= 0.6 is 12.2 Å². The zero-order valence-electron chi connectivity index (χ0n) is 18.7. The normalized spacial score (nSPS) is 22.1. The van der Waals surface area contributed by atoms with Crippen molar-refractivity contribution in [2.75, 3.05) is 0 Å². The van der Waals surface area contributed by atoms with Gasteiger partial charge in [0.25, 0.3) is 11.8 Å². The van der Waals surface area contributed by atoms with Gasteiger partial charge in [-0.3, -0.25) is 20.4 Å². The molecule has 0 radical (unpaired) electrons. The van der Waals surface area contributed by atoms with E-state index in [2.05, 4.69) is 35.3 Å². The van der Waals surface area contributed by atoms with E-state index < -0.39 is 6.04 Å². The Morgan fingerprint density at radius 3 is 2.50 bits per heavy atom. The van der Waals surface area contributed by atoms with Crippen LogP contribution in [0.3, 0.4) is 0 Å². The highest BCUT2D eigenvalue weighted by Gasteiger charge is 2.28. The maximum Gasteiger partial charge on any atom is 0.260 e. The molecule has 6 nitrogen and oxygen atoms in total. The molecule has 1 fully saturated rings. The van der Waals surface area contributed by atoms with Crippen LogP contribution in [0.25, 0.3) is 0 Å². The fourth-order valence-corrected chi connectivity index (χ4v) is 4.16. The molecule has 166 valence electrons. The molecule has 0 saturated heterocycles. The van der Waals surface area contributed by atoms with E-state index in [0.29, 0.717) is 35.0 Å². The molecule has 0 aliphatic heterocycles. The topological polar surface area (TPSA) is 82.3 Å². The minimum Gasteiger partial charge on any atom is -0.358 e. The third kappa shape index (κ3) is 6.97. The highest BCUT2D eigenvalue weighted by molar-refractivity contribution is 7.80. The number of carbonyl (C=O) groups is 2. The Morgan fingerprint density at radius 2 is 1.83 bits per heavy atom. The lowest BCUT2D eigenvalue weighted by molar-refractivity contribution is -0.123. The molecule has 0 bridgehead atoms. The van der Waals surface area contributed by atoms with E-state index in [9.17, 15) is 9.59 Å². The summed E-state index contributed by atoms with van der Waals surface area (Å²) in [5, 5.41) is 6.60. The second-order valence-corrected chi connectivity index (χ2v) is 9.34. The molecule has 1 aliphatic rings. The van der Waals surface area contributed by atoms with Crippen molar-refractivity contribution in [2.45, 2.75) is 72.4 Å². The van der Waals surface area contributed by atoms with Crippen molar-refractivity contribution in [3.8, 4) is 0 Å². The fraction of sp³-hybridized carbons (Fsp3) is 0.609. The maximum atomic E-state index is 12.8. The first-order valence-corrected chi connectivity index (χ1v) is 11.3. The van der Waals surface area contributed by atoms with Crippen molar-refractivity contribution < 1.29 is 9.59 Å². The molecule has 0 spiro atoms. The summed E-state index contributed by atoms with van der Waals surface area (Å²) in [4.78, 5) is 25.4. The number of carbonyl (C=O) groups excluding carboxylic acids is 2. The van der Waals surface area contributed by atoms with Crippen molar-refractivity contribution >= 4 is 29.1 Å². The van der Waals surface area contributed by atoms with Gasteiger partial charge >= 0.3 is 0 Å². The summed E-state index contributed by atoms with van der Waals surface area (Å²) in [6.07, 6.45) is 4.03. The zero-order chi connectivity index (χ0) is 22.3. The molecule has 2 rings (SSSR count). The van der Waals surface area contributed by atoms with Gasteiger partial charge < -0.3 is 10.6 Å². The van der Waals surface area contributed by atoms with Gasteiger partial charge in [0, 0.05) is 11.6 Å². The van der Waals surface area contributed by atoms with Crippen molar-refractivity contribution in [2.24, 2.45) is 17.8 Å². The fourth-order valence-electron chi connectivity index (χ4n) is 3.96. The number of amides is 2. The third-order valence-electron chi connectivity index (χ3n) is 6.04. The van der Waals surface area contributed by atoms with E-state index in [1.807, 2.05) is 39.0 Å². The molecule has 1 saturated carbocycles. The van der Waals surface area contributed by atoms with E-state index in [-0.39, 0.29) is 17.7 Å². The SMILES string of the molecule is Cc1ccccc1C(=O)N[C@H](CC(C)C)C(=O)NNC(=S)N[C@H]1CCC[C@H](C)[C@@H]1C. The Morgan fingerprint density at radius 1 is 1.13 bits per heavy atom. The van der Waals surface area contributed by atoms with Crippen LogP contribution in [0.15, 0.2) is 24.3 Å². The monoisotopic (exact) mass is 432 g/mol. The van der Waals surface area contributed by atoms with Gasteiger partial charge in [-0.2, -0.15) is 0 Å². The standard InChI is InChI=1S/C23H36N4O2S/c1-14(2)13-20(24-21(28)18-11-7-6-9-16(18)4)22(29)26-27-23(30)25-19-12-8-10-15(3)17(19)5/h6-7,9,11,14-15,17,19-20H,8,10,12-13H2,1-5H3,(H,24,28)(H,26,29)(H2,25,27,30)/t15-,17-,19-,20+/m0/s1. The average molecular weight is 433 g/mol. The molecule has 7 heteroatoms. The van der Waals surface area contributed by atoms with E-state index >= 15 is 0 Å². The lowest BCUT2D eigenvalue weighted by Gasteiger charge is -2.35. The number of benzene rings is 1. The number of hydrogen-bond donors (Lipinski definition) is 4. The molecular formula is C23H36N4O2S. The summed E-state index contributed by atoms with van der Waals surface area (Å²) in [5.41, 5.74) is 6.93. The summed E-state index contributed by atoms with van der Waals surface area (Å²) < 4.78 is 0. The Balaban J connectivity index is 1.92. The van der Waals surface area contributed by atoms with Crippen molar-refractivity contribution in [3.05, 3.63) is 35.4 Å². The van der Waals surface area contributed by atoms with E-state index in [1.54, 1.807) is 6.07 Å². The molecule has 0 unspecified atom stereocenters. The van der Waals surface area contributed by atoms with Crippen LogP contribution in [-0.2, 0) is 4.79 Å². The van der Waals surface area contributed by atoms with Crippen LogP contribution in [0.1, 0.15) is 69.3 Å². The van der Waals surface area contributed by atoms with Gasteiger partial charge in [0.2, 0.25) is 0 Å². The van der Waals surface area contributed by atoms with Crippen molar-refractivity contribution in [3.63, 3.8) is 0 Å². The van der Waals surface area contributed by atoms with Crippen LogP contribution in [0.5, 0.6) is 0 Å². The molecule has 0 heterocycles. The summed E-state index contributed by atoms with van der Waals surface area (Å²) >= 11 is 5.38. The van der Waals surface area contributed by atoms with Gasteiger partial charge in [-0.15, -0.1) is 0 Å². The van der Waals surface area contributed by atoms with E-state index in [4.69, 9.17) is 12.2 Å². The van der Waals surface area contributed by atoms with Crippen LogP contribution in [0.4, 0.5) is 0 Å². The van der Waals surface area contributed by atoms with Gasteiger partial charge in [-0.25, -0.2) is 0 Å². The number of nitrogens with one attached hydrogen (secondary N) is 4. The Labute approximate surface area is 185 Å². The van der Waals surface area contributed by atoms with Gasteiger partial charge in [0.15, 0.2) is 5.11 Å². The molecule has 4 atom stereocenters. The zero-order valence-corrected chi connectivity index (χ0v) is 19.6. The van der Waals surface area contributed by atoms with Crippen LogP contribution in [0.2, 0.25) is 0 Å². The van der Waals surface area contributed by atoms with Gasteiger partial charge in [-0.05, 0) is 61.4 Å². The third-order valence-corrected chi connectivity index (χ3v) is 6.26. The highest BCUT2D eigenvalue weighted by atomic mass is 32.1. The number of rotatable bonds is 6. The van der Waals surface area contributed by atoms with Crippen LogP contribution in [0, 0.1) is 24.7 Å². The molecule has 0 aromatic heterocycles. The van der Waals surface area contributed by atoms with Crippen molar-refractivity contribution in [1.29, 1.82) is 0 Å². The van der Waals surface area contributed by atoms with Crippen molar-refractivity contribution in [1.82, 2.24) is 21.5 Å². The van der Waals surface area contributed by atoms with Crippen LogP contribution in [-0.4, -0.2) is 29.0 Å². The maximum absolute atomic E-state index is 12.8. The Hall–Kier alpha value is -2.15. The molecule has 1 aromatic carbocycles. The molecule has 1 aromatic rings. The minimum absolute atomic E-state index is 0.243. The Bertz CT molecular complexity index is 752. The highest BCUT2D eigenvalue weighted by Crippen LogP contribution is 2.29. The van der Waals surface area contributed by atoms with E-state index in [1.165, 1.54) is 12.8 Å². The second-order valence-electron chi connectivity index (χ2n) is 8.93. The number of hydrazine groups is 1. The van der Waals surface area contributed by atoms with E-state index in [0.717, 1.165) is 12.0 Å². The summed E-state index contributed by atoms with van der Waals surface area (Å²) in [6.45, 7) is 10.4. The first kappa shape index (κ1) is 24.1. The van der Waals surface area contributed by atoms with Gasteiger partial charge in [0.05, 0.1) is 0 Å². The van der Waals surface area contributed by atoms with Crippen LogP contribution < -0.4 is 21.5 Å². The number of hydrogen-bond acceptors (Lipinski definition) is 3. The smallest absolute Gasteiger partial charge is 0.260 e. The predicted molar refractivity (Wildman–Crippen MR) is 125 cm³/mol. The number of aryl methyl sites for hydroxylation is 1.